The summed E-state index contributed by atoms with van der Waals surface area (Å²) < 4.78 is 15.4. The number of hydrogen-bond acceptors (Lipinski definition) is 5. The van der Waals surface area contributed by atoms with Crippen LogP contribution in [0.3, 0.4) is 0 Å². The third-order valence-electron chi connectivity index (χ3n) is 3.26. The maximum atomic E-state index is 11.3. The monoisotopic (exact) mass is 288 g/mol. The van der Waals surface area contributed by atoms with E-state index in [2.05, 4.69) is 15.0 Å². The molecule has 1 aromatic carbocycles. The molecule has 3 rings (SSSR count). The van der Waals surface area contributed by atoms with E-state index in [9.17, 15) is 4.79 Å². The predicted octanol–water partition coefficient (Wildman–Crippen LogP) is 1.82. The standard InChI is InChI=1S/C15H16N2O4/c1-19-15(18)12-6-5-11(17-12)8-16-7-10-3-2-4-13-14(10)21-9-20-13/h2-6,16-17H,7-9H2,1H3. The Morgan fingerprint density at radius 3 is 3.05 bits per heavy atom. The molecule has 0 fully saturated rings. The largest absolute Gasteiger partial charge is 0.464 e. The van der Waals surface area contributed by atoms with Crippen molar-refractivity contribution in [2.24, 2.45) is 0 Å². The highest BCUT2D eigenvalue weighted by Gasteiger charge is 2.16. The zero-order valence-corrected chi connectivity index (χ0v) is 11.6. The molecule has 0 atom stereocenters. The van der Waals surface area contributed by atoms with Crippen molar-refractivity contribution >= 4 is 5.97 Å². The Kier molecular flexibility index (Phi) is 3.79. The van der Waals surface area contributed by atoms with Crippen LogP contribution in [0.25, 0.3) is 0 Å². The van der Waals surface area contributed by atoms with Gasteiger partial charge in [-0.25, -0.2) is 4.79 Å². The summed E-state index contributed by atoms with van der Waals surface area (Å²) in [6.07, 6.45) is 0. The van der Waals surface area contributed by atoms with Crippen molar-refractivity contribution in [2.75, 3.05) is 13.9 Å². The normalized spacial score (nSPS) is 12.4. The topological polar surface area (TPSA) is 72.6 Å². The number of carbonyl (C=O) groups is 1. The average molecular weight is 288 g/mol. The lowest BCUT2D eigenvalue weighted by molar-refractivity contribution is 0.0594. The molecule has 2 N–H and O–H groups in total. The highest BCUT2D eigenvalue weighted by atomic mass is 16.7. The summed E-state index contributed by atoms with van der Waals surface area (Å²) in [5, 5.41) is 3.30. The number of esters is 1. The van der Waals surface area contributed by atoms with Crippen molar-refractivity contribution in [1.82, 2.24) is 10.3 Å². The molecule has 0 aliphatic carbocycles. The fourth-order valence-electron chi connectivity index (χ4n) is 2.23. The van der Waals surface area contributed by atoms with E-state index in [4.69, 9.17) is 9.47 Å². The second kappa shape index (κ2) is 5.88. The fraction of sp³-hybridized carbons (Fsp3) is 0.267. The van der Waals surface area contributed by atoms with Gasteiger partial charge in [0.15, 0.2) is 11.5 Å². The van der Waals surface area contributed by atoms with E-state index in [0.29, 0.717) is 18.8 Å². The van der Waals surface area contributed by atoms with Crippen molar-refractivity contribution in [2.45, 2.75) is 13.1 Å². The number of para-hydroxylation sites is 1. The van der Waals surface area contributed by atoms with Crippen LogP contribution in [0.4, 0.5) is 0 Å². The van der Waals surface area contributed by atoms with Gasteiger partial charge in [0.1, 0.15) is 5.69 Å². The number of ether oxygens (including phenoxy) is 3. The number of hydrogen-bond donors (Lipinski definition) is 2. The van der Waals surface area contributed by atoms with Crippen LogP contribution < -0.4 is 14.8 Å². The van der Waals surface area contributed by atoms with Crippen molar-refractivity contribution in [3.8, 4) is 11.5 Å². The zero-order valence-electron chi connectivity index (χ0n) is 11.6. The zero-order chi connectivity index (χ0) is 14.7. The van der Waals surface area contributed by atoms with E-state index < -0.39 is 0 Å². The van der Waals surface area contributed by atoms with Gasteiger partial charge in [-0.2, -0.15) is 0 Å². The van der Waals surface area contributed by atoms with Gasteiger partial charge >= 0.3 is 5.97 Å². The smallest absolute Gasteiger partial charge is 0.354 e. The minimum absolute atomic E-state index is 0.269. The summed E-state index contributed by atoms with van der Waals surface area (Å²) in [4.78, 5) is 14.4. The fourth-order valence-corrected chi connectivity index (χ4v) is 2.23. The molecule has 6 heteroatoms. The summed E-state index contributed by atoms with van der Waals surface area (Å²) >= 11 is 0. The SMILES string of the molecule is COC(=O)c1ccc(CNCc2cccc3c2OCO3)[nH]1. The van der Waals surface area contributed by atoms with E-state index in [1.54, 1.807) is 6.07 Å². The first-order chi connectivity index (χ1) is 10.3. The van der Waals surface area contributed by atoms with Crippen molar-refractivity contribution < 1.29 is 19.0 Å². The van der Waals surface area contributed by atoms with Crippen LogP contribution in [-0.2, 0) is 17.8 Å². The molecule has 6 nitrogen and oxygen atoms in total. The predicted molar refractivity (Wildman–Crippen MR) is 75.2 cm³/mol. The van der Waals surface area contributed by atoms with Crippen LogP contribution in [0.15, 0.2) is 30.3 Å². The highest BCUT2D eigenvalue weighted by Crippen LogP contribution is 2.35. The number of rotatable bonds is 5. The molecular formula is C15H16N2O4. The van der Waals surface area contributed by atoms with Gasteiger partial charge in [0.2, 0.25) is 6.79 Å². The molecule has 0 saturated carbocycles. The quantitative estimate of drug-likeness (QED) is 0.821. The van der Waals surface area contributed by atoms with Gasteiger partial charge in [-0.1, -0.05) is 12.1 Å². The Hall–Kier alpha value is -2.47. The van der Waals surface area contributed by atoms with Gasteiger partial charge in [-0.15, -0.1) is 0 Å². The number of fused-ring (bicyclic) bond motifs is 1. The Labute approximate surface area is 122 Å². The number of carbonyl (C=O) groups excluding carboxylic acids is 1. The van der Waals surface area contributed by atoms with E-state index in [0.717, 1.165) is 22.8 Å². The van der Waals surface area contributed by atoms with E-state index in [1.165, 1.54) is 7.11 Å². The van der Waals surface area contributed by atoms with Crippen LogP contribution in [-0.4, -0.2) is 24.9 Å². The molecule has 2 heterocycles. The summed E-state index contributed by atoms with van der Waals surface area (Å²) in [5.41, 5.74) is 2.41. The summed E-state index contributed by atoms with van der Waals surface area (Å²) in [7, 11) is 1.36. The minimum Gasteiger partial charge on any atom is -0.464 e. The van der Waals surface area contributed by atoms with E-state index in [-0.39, 0.29) is 12.8 Å². The first-order valence-corrected chi connectivity index (χ1v) is 6.62. The molecule has 110 valence electrons. The van der Waals surface area contributed by atoms with Gasteiger partial charge in [0, 0.05) is 24.3 Å². The molecule has 1 aliphatic heterocycles. The lowest BCUT2D eigenvalue weighted by Gasteiger charge is -2.07. The maximum Gasteiger partial charge on any atom is 0.354 e. The summed E-state index contributed by atoms with van der Waals surface area (Å²) in [5.74, 6) is 1.21. The molecule has 0 radical (unpaired) electrons. The van der Waals surface area contributed by atoms with Crippen molar-refractivity contribution in [1.29, 1.82) is 0 Å². The third kappa shape index (κ3) is 2.85. The summed E-state index contributed by atoms with van der Waals surface area (Å²) in [6.45, 7) is 1.53. The molecule has 1 aromatic heterocycles. The first kappa shape index (κ1) is 13.5. The maximum absolute atomic E-state index is 11.3. The molecule has 0 spiro atoms. The number of aromatic nitrogens is 1. The first-order valence-electron chi connectivity index (χ1n) is 6.62. The van der Waals surface area contributed by atoms with Crippen molar-refractivity contribution in [3.05, 3.63) is 47.3 Å². The van der Waals surface area contributed by atoms with Crippen LogP contribution in [0.1, 0.15) is 21.7 Å². The Balaban J connectivity index is 1.58. The van der Waals surface area contributed by atoms with Crippen molar-refractivity contribution in [3.63, 3.8) is 0 Å². The summed E-state index contributed by atoms with van der Waals surface area (Å²) in [6, 6.07) is 9.39. The average Bonchev–Trinajstić information content (AvgIpc) is 3.15. The molecule has 0 amide bonds. The molecular weight excluding hydrogens is 272 g/mol. The second-order valence-electron chi connectivity index (χ2n) is 4.64. The molecule has 2 aromatic rings. The Morgan fingerprint density at radius 2 is 2.19 bits per heavy atom. The number of H-pyrrole nitrogens is 1. The molecule has 0 saturated heterocycles. The van der Waals surface area contributed by atoms with Crippen LogP contribution in [0.2, 0.25) is 0 Å². The van der Waals surface area contributed by atoms with Crippen LogP contribution in [0.5, 0.6) is 11.5 Å². The number of methoxy groups -OCH3 is 1. The minimum atomic E-state index is -0.368. The number of benzene rings is 1. The van der Waals surface area contributed by atoms with Gasteiger partial charge < -0.3 is 24.5 Å². The van der Waals surface area contributed by atoms with Gasteiger partial charge in [0.25, 0.3) is 0 Å². The van der Waals surface area contributed by atoms with Gasteiger partial charge in [-0.3, -0.25) is 0 Å². The molecule has 0 unspecified atom stereocenters. The molecule has 1 aliphatic rings. The van der Waals surface area contributed by atoms with E-state index >= 15 is 0 Å². The second-order valence-corrected chi connectivity index (χ2v) is 4.64. The number of nitrogens with one attached hydrogen (secondary N) is 2. The molecule has 0 bridgehead atoms. The van der Waals surface area contributed by atoms with Gasteiger partial charge in [0.05, 0.1) is 7.11 Å². The van der Waals surface area contributed by atoms with Crippen LogP contribution >= 0.6 is 0 Å². The molecule has 21 heavy (non-hydrogen) atoms. The lowest BCUT2D eigenvalue weighted by Crippen LogP contribution is -2.13. The lowest BCUT2D eigenvalue weighted by atomic mass is 10.2. The third-order valence-corrected chi connectivity index (χ3v) is 3.26. The Morgan fingerprint density at radius 1 is 1.29 bits per heavy atom. The highest BCUT2D eigenvalue weighted by molar-refractivity contribution is 5.87. The van der Waals surface area contributed by atoms with Gasteiger partial charge in [-0.05, 0) is 18.2 Å². The van der Waals surface area contributed by atoms with Crippen LogP contribution in [0, 0.1) is 0 Å². The van der Waals surface area contributed by atoms with E-state index in [1.807, 2.05) is 24.3 Å². The number of aromatic amines is 1. The Bertz CT molecular complexity index is 651.